The summed E-state index contributed by atoms with van der Waals surface area (Å²) in [5, 5.41) is 16.4. The molecule has 0 spiro atoms. The monoisotopic (exact) mass is 222 g/mol. The number of rotatable bonds is 1. The summed E-state index contributed by atoms with van der Waals surface area (Å²) in [5.74, 6) is -0.429. The molecule has 3 nitrogen and oxygen atoms in total. The van der Waals surface area contributed by atoms with Crippen LogP contribution >= 0.6 is 15.9 Å². The summed E-state index contributed by atoms with van der Waals surface area (Å²) in [6.07, 6.45) is 0. The molecule has 1 aromatic carbocycles. The van der Waals surface area contributed by atoms with Gasteiger partial charge in [0.1, 0.15) is 5.82 Å². The third-order valence-corrected chi connectivity index (χ3v) is 1.83. The molecule has 0 heterocycles. The molecule has 11 heavy (non-hydrogen) atoms. The van der Waals surface area contributed by atoms with Gasteiger partial charge in [-0.1, -0.05) is 0 Å². The molecule has 1 aromatic rings. The van der Waals surface area contributed by atoms with Crippen LogP contribution in [0.1, 0.15) is 0 Å². The van der Waals surface area contributed by atoms with Crippen LogP contribution in [0.4, 0.5) is 10.1 Å². The first-order chi connectivity index (χ1) is 5.11. The second-order valence-corrected chi connectivity index (χ2v) is 2.80. The Kier molecular flexibility index (Phi) is 2.56. The molecular weight excluding hydrogens is 217 g/mol. The van der Waals surface area contributed by atoms with Crippen LogP contribution in [0.25, 0.3) is 0 Å². The van der Waals surface area contributed by atoms with Gasteiger partial charge in [-0.25, -0.2) is 4.39 Å². The normalized spacial score (nSPS) is 10.6. The van der Waals surface area contributed by atoms with Crippen LogP contribution in [0.3, 0.4) is 0 Å². The first-order valence-corrected chi connectivity index (χ1v) is 3.61. The standard InChI is InChI=1S/C6H5BrFNO2/c7-5-3-4(8)1-2-6(5)9(10)11/h1-3,10-11H/p+1. The fourth-order valence-corrected chi connectivity index (χ4v) is 1.20. The van der Waals surface area contributed by atoms with Gasteiger partial charge in [0, 0.05) is 6.07 Å². The highest BCUT2D eigenvalue weighted by Crippen LogP contribution is 2.18. The number of nitrogens with one attached hydrogen (secondary N) is 1. The lowest BCUT2D eigenvalue weighted by Gasteiger charge is -2.01. The van der Waals surface area contributed by atoms with E-state index >= 15 is 0 Å². The number of quaternary nitrogens is 1. The van der Waals surface area contributed by atoms with Crippen LogP contribution in [0.2, 0.25) is 0 Å². The van der Waals surface area contributed by atoms with Crippen molar-refractivity contribution in [3.8, 4) is 0 Å². The minimum absolute atomic E-state index is 0.173. The summed E-state index contributed by atoms with van der Waals surface area (Å²) in [6.45, 7) is 0. The second-order valence-electron chi connectivity index (χ2n) is 1.95. The maximum atomic E-state index is 12.4. The van der Waals surface area contributed by atoms with Gasteiger partial charge in [-0.3, -0.25) is 0 Å². The second kappa shape index (κ2) is 3.27. The summed E-state index contributed by atoms with van der Waals surface area (Å²) in [5.41, 5.74) is 0.173. The van der Waals surface area contributed by atoms with Crippen LogP contribution in [0.15, 0.2) is 22.7 Å². The fourth-order valence-electron chi connectivity index (χ4n) is 0.671. The summed E-state index contributed by atoms with van der Waals surface area (Å²) in [4.78, 5) is 0. The maximum Gasteiger partial charge on any atom is 0.211 e. The van der Waals surface area contributed by atoms with Crippen LogP contribution in [0.5, 0.6) is 0 Å². The van der Waals surface area contributed by atoms with Gasteiger partial charge in [0.2, 0.25) is 5.69 Å². The molecular formula is C6H6BrFNO2+. The van der Waals surface area contributed by atoms with Gasteiger partial charge in [0.25, 0.3) is 0 Å². The Morgan fingerprint density at radius 1 is 1.36 bits per heavy atom. The molecule has 0 unspecified atom stereocenters. The van der Waals surface area contributed by atoms with Gasteiger partial charge in [0.05, 0.1) is 4.47 Å². The average molecular weight is 223 g/mol. The van der Waals surface area contributed by atoms with E-state index in [9.17, 15) is 4.39 Å². The summed E-state index contributed by atoms with van der Waals surface area (Å²) < 4.78 is 12.7. The van der Waals surface area contributed by atoms with E-state index in [0.29, 0.717) is 4.47 Å². The van der Waals surface area contributed by atoms with E-state index in [-0.39, 0.29) is 5.69 Å². The number of benzene rings is 1. The van der Waals surface area contributed by atoms with Crippen LogP contribution in [-0.4, -0.2) is 10.4 Å². The quantitative estimate of drug-likeness (QED) is 0.619. The Balaban J connectivity index is 3.09. The molecule has 0 radical (unpaired) electrons. The highest BCUT2D eigenvalue weighted by molar-refractivity contribution is 9.10. The van der Waals surface area contributed by atoms with Gasteiger partial charge < -0.3 is 0 Å². The fraction of sp³-hybridized carbons (Fsp3) is 0. The zero-order valence-corrected chi connectivity index (χ0v) is 6.97. The van der Waals surface area contributed by atoms with Crippen molar-refractivity contribution >= 4 is 21.6 Å². The van der Waals surface area contributed by atoms with Crippen LogP contribution in [-0.2, 0) is 0 Å². The van der Waals surface area contributed by atoms with Crippen LogP contribution in [0, 0.1) is 5.82 Å². The number of hydrogen-bond acceptors (Lipinski definition) is 2. The molecule has 0 bridgehead atoms. The van der Waals surface area contributed by atoms with Crippen molar-refractivity contribution in [3.63, 3.8) is 0 Å². The average Bonchev–Trinajstić information content (AvgIpc) is 1.85. The minimum Gasteiger partial charge on any atom is -0.207 e. The molecule has 0 amide bonds. The Morgan fingerprint density at radius 2 is 2.00 bits per heavy atom. The molecule has 0 aliphatic carbocycles. The molecule has 0 fully saturated rings. The highest BCUT2D eigenvalue weighted by atomic mass is 79.9. The smallest absolute Gasteiger partial charge is 0.207 e. The van der Waals surface area contributed by atoms with Gasteiger partial charge in [-0.2, -0.15) is 10.4 Å². The first kappa shape index (κ1) is 8.61. The Bertz CT molecular complexity index is 267. The molecule has 60 valence electrons. The van der Waals surface area contributed by atoms with E-state index in [1.54, 1.807) is 0 Å². The van der Waals surface area contributed by atoms with Gasteiger partial charge in [0.15, 0.2) is 0 Å². The topological polar surface area (TPSA) is 44.9 Å². The van der Waals surface area contributed by atoms with Crippen molar-refractivity contribution in [1.82, 2.24) is 0 Å². The molecule has 3 N–H and O–H groups in total. The predicted molar refractivity (Wildman–Crippen MR) is 38.3 cm³/mol. The molecule has 0 saturated carbocycles. The lowest BCUT2D eigenvalue weighted by Crippen LogP contribution is -3.02. The minimum atomic E-state index is -0.822. The van der Waals surface area contributed by atoms with E-state index < -0.39 is 11.0 Å². The van der Waals surface area contributed by atoms with Crippen molar-refractivity contribution in [3.05, 3.63) is 28.5 Å². The molecule has 0 aliphatic heterocycles. The van der Waals surface area contributed by atoms with Crippen molar-refractivity contribution in [2.75, 3.05) is 0 Å². The number of halogens is 2. The third kappa shape index (κ3) is 1.97. The van der Waals surface area contributed by atoms with Crippen molar-refractivity contribution in [2.45, 2.75) is 0 Å². The third-order valence-electron chi connectivity index (χ3n) is 1.17. The Labute approximate surface area is 70.7 Å². The lowest BCUT2D eigenvalue weighted by atomic mass is 10.3. The van der Waals surface area contributed by atoms with E-state index in [4.69, 9.17) is 10.4 Å². The largest absolute Gasteiger partial charge is 0.211 e. The molecule has 0 saturated heterocycles. The Hall–Kier alpha value is -0.490. The lowest BCUT2D eigenvalue weighted by molar-refractivity contribution is -1.19. The molecule has 0 aliphatic rings. The molecule has 5 heteroatoms. The molecule has 1 rings (SSSR count). The summed E-state index contributed by atoms with van der Waals surface area (Å²) >= 11 is 2.97. The van der Waals surface area contributed by atoms with Crippen LogP contribution < -0.4 is 5.23 Å². The number of hydrogen-bond donors (Lipinski definition) is 3. The zero-order valence-electron chi connectivity index (χ0n) is 5.38. The summed E-state index contributed by atoms with van der Waals surface area (Å²) in [7, 11) is 0. The Morgan fingerprint density at radius 3 is 2.45 bits per heavy atom. The van der Waals surface area contributed by atoms with E-state index in [2.05, 4.69) is 15.9 Å². The van der Waals surface area contributed by atoms with Gasteiger partial charge in [-0.15, -0.1) is 0 Å². The first-order valence-electron chi connectivity index (χ1n) is 2.81. The van der Waals surface area contributed by atoms with Gasteiger partial charge in [-0.05, 0) is 33.3 Å². The highest BCUT2D eigenvalue weighted by Gasteiger charge is 2.10. The van der Waals surface area contributed by atoms with Gasteiger partial charge >= 0.3 is 0 Å². The zero-order chi connectivity index (χ0) is 8.43. The molecule has 0 atom stereocenters. The summed E-state index contributed by atoms with van der Waals surface area (Å²) in [6, 6.07) is 3.57. The maximum absolute atomic E-state index is 12.4. The van der Waals surface area contributed by atoms with Crippen molar-refractivity contribution in [2.24, 2.45) is 0 Å². The predicted octanol–water partition coefficient (Wildman–Crippen LogP) is 0.883. The van der Waals surface area contributed by atoms with E-state index in [1.807, 2.05) is 0 Å². The van der Waals surface area contributed by atoms with E-state index in [0.717, 1.165) is 12.1 Å². The SMILES string of the molecule is O[NH+](O)c1ccc(F)cc1Br. The van der Waals surface area contributed by atoms with Crippen molar-refractivity contribution < 1.29 is 20.0 Å². The van der Waals surface area contributed by atoms with Crippen molar-refractivity contribution in [1.29, 1.82) is 0 Å². The molecule has 0 aromatic heterocycles. The van der Waals surface area contributed by atoms with E-state index in [1.165, 1.54) is 6.07 Å².